The molecule has 0 N–H and O–H groups in total. The molecule has 0 aromatic carbocycles. The molecule has 2 heteroatoms. The molecule has 5 aliphatic rings. The number of hydrogen-bond donors (Lipinski definition) is 0. The Hall–Kier alpha value is 0.434. The van der Waals surface area contributed by atoms with E-state index in [1.165, 1.54) is 18.4 Å². The summed E-state index contributed by atoms with van der Waals surface area (Å²) in [5.41, 5.74) is 2.35. The van der Waals surface area contributed by atoms with Crippen LogP contribution in [0.1, 0.15) is 122 Å². The summed E-state index contributed by atoms with van der Waals surface area (Å²) in [4.78, 5) is 0. The standard InChI is InChI=1S/C32H60Si2/c1-6-7-12-24-19-20-26(23-24)33(2,3)34(4,5)32-22-21-30-29(17-11-18-31(30)32)28-16-10-14-25-13-8-9-15-27(25)28/h24-32H,6-23H2,1-5H3. The molecule has 34 heavy (non-hydrogen) atoms. The zero-order valence-electron chi connectivity index (χ0n) is 23.9. The van der Waals surface area contributed by atoms with Gasteiger partial charge in [0, 0.05) is 15.2 Å². The van der Waals surface area contributed by atoms with Crippen LogP contribution in [0.25, 0.3) is 0 Å². The Morgan fingerprint density at radius 3 is 1.97 bits per heavy atom. The van der Waals surface area contributed by atoms with Crippen molar-refractivity contribution in [2.24, 2.45) is 41.4 Å². The van der Waals surface area contributed by atoms with Gasteiger partial charge in [0.25, 0.3) is 0 Å². The molecule has 5 fully saturated rings. The van der Waals surface area contributed by atoms with Crippen LogP contribution in [0.4, 0.5) is 0 Å². The zero-order valence-corrected chi connectivity index (χ0v) is 25.9. The van der Waals surface area contributed by atoms with Crippen LogP contribution in [-0.2, 0) is 0 Å². The first kappa shape index (κ1) is 26.1. The highest BCUT2D eigenvalue weighted by atomic mass is 29.3. The van der Waals surface area contributed by atoms with E-state index in [-0.39, 0.29) is 0 Å². The zero-order chi connectivity index (χ0) is 23.9. The van der Waals surface area contributed by atoms with E-state index in [9.17, 15) is 0 Å². The van der Waals surface area contributed by atoms with Gasteiger partial charge in [-0.15, -0.1) is 0 Å². The quantitative estimate of drug-likeness (QED) is 0.305. The Labute approximate surface area is 216 Å². The van der Waals surface area contributed by atoms with E-state index in [0.717, 1.165) is 47.0 Å². The number of fused-ring (bicyclic) bond motifs is 2. The molecule has 0 spiro atoms. The molecule has 0 aromatic rings. The summed E-state index contributed by atoms with van der Waals surface area (Å²) in [6.45, 7) is 14.1. The maximum Gasteiger partial charge on any atom is 0.0448 e. The second-order valence-electron chi connectivity index (χ2n) is 15.4. The van der Waals surface area contributed by atoms with Crippen LogP contribution in [0.5, 0.6) is 0 Å². The second-order valence-corrected chi connectivity index (χ2v) is 31.5. The summed E-state index contributed by atoms with van der Waals surface area (Å²) in [5, 5.41) is 0. The smallest absolute Gasteiger partial charge is 0.0448 e. The minimum Gasteiger partial charge on any atom is -0.0711 e. The van der Waals surface area contributed by atoms with Gasteiger partial charge in [-0.3, -0.25) is 0 Å². The van der Waals surface area contributed by atoms with Crippen molar-refractivity contribution in [3.8, 4) is 0 Å². The van der Waals surface area contributed by atoms with E-state index < -0.39 is 15.2 Å². The molecule has 0 saturated heterocycles. The average Bonchev–Trinajstić information content (AvgIpc) is 3.50. The molecule has 196 valence electrons. The van der Waals surface area contributed by atoms with Gasteiger partial charge in [0.1, 0.15) is 0 Å². The SMILES string of the molecule is CCCCC1CCC([Si](C)(C)[Si](C)(C)C2CCC3C(C4CCCC5CCCCC54)CCCC32)C1. The van der Waals surface area contributed by atoms with Gasteiger partial charge in [-0.2, -0.15) is 0 Å². The van der Waals surface area contributed by atoms with E-state index in [1.807, 2.05) is 0 Å². The predicted molar refractivity (Wildman–Crippen MR) is 156 cm³/mol. The molecular formula is C32H60Si2. The Morgan fingerprint density at radius 1 is 0.559 bits per heavy atom. The predicted octanol–water partition coefficient (Wildman–Crippen LogP) is 10.6. The summed E-state index contributed by atoms with van der Waals surface area (Å²) in [7, 11) is -2.38. The highest BCUT2D eigenvalue weighted by molar-refractivity contribution is 7.41. The van der Waals surface area contributed by atoms with Crippen molar-refractivity contribution in [3.63, 3.8) is 0 Å². The van der Waals surface area contributed by atoms with Gasteiger partial charge in [0.15, 0.2) is 0 Å². The summed E-state index contributed by atoms with van der Waals surface area (Å²) < 4.78 is 0. The van der Waals surface area contributed by atoms with Gasteiger partial charge in [-0.1, -0.05) is 123 Å². The molecule has 0 radical (unpaired) electrons. The summed E-state index contributed by atoms with van der Waals surface area (Å²) in [6, 6.07) is 0. The molecule has 9 atom stereocenters. The fourth-order valence-corrected chi connectivity index (χ4v) is 25.4. The van der Waals surface area contributed by atoms with E-state index in [0.29, 0.717) is 0 Å². The summed E-state index contributed by atoms with van der Waals surface area (Å²) >= 11 is 0. The highest BCUT2D eigenvalue weighted by Gasteiger charge is 2.58. The number of unbranched alkanes of at least 4 members (excludes halogenated alkanes) is 1. The molecule has 5 rings (SSSR count). The van der Waals surface area contributed by atoms with E-state index >= 15 is 0 Å². The molecular weight excluding hydrogens is 441 g/mol. The summed E-state index contributed by atoms with van der Waals surface area (Å²) in [6.07, 6.45) is 28.4. The Balaban J connectivity index is 1.29. The van der Waals surface area contributed by atoms with Crippen LogP contribution >= 0.6 is 0 Å². The van der Waals surface area contributed by atoms with Crippen LogP contribution in [0.2, 0.25) is 37.3 Å². The van der Waals surface area contributed by atoms with Crippen molar-refractivity contribution in [2.75, 3.05) is 0 Å². The highest BCUT2D eigenvalue weighted by Crippen LogP contribution is 2.62. The van der Waals surface area contributed by atoms with Gasteiger partial charge < -0.3 is 0 Å². The van der Waals surface area contributed by atoms with Crippen LogP contribution in [0.3, 0.4) is 0 Å². The fraction of sp³-hybridized carbons (Fsp3) is 1.00. The molecule has 0 bridgehead atoms. The van der Waals surface area contributed by atoms with Crippen LogP contribution in [0, 0.1) is 41.4 Å². The van der Waals surface area contributed by atoms with Gasteiger partial charge >= 0.3 is 0 Å². The van der Waals surface area contributed by atoms with Crippen molar-refractivity contribution < 1.29 is 0 Å². The minimum absolute atomic E-state index is 1.09. The normalized spacial score (nSPS) is 43.5. The second kappa shape index (κ2) is 10.7. The molecule has 0 nitrogen and oxygen atoms in total. The van der Waals surface area contributed by atoms with Crippen molar-refractivity contribution in [1.82, 2.24) is 0 Å². The van der Waals surface area contributed by atoms with E-state index in [1.54, 1.807) is 103 Å². The van der Waals surface area contributed by atoms with Gasteiger partial charge in [0.05, 0.1) is 0 Å². The molecule has 9 unspecified atom stereocenters. The lowest BCUT2D eigenvalue weighted by molar-refractivity contribution is 0.0130. The molecule has 0 aliphatic heterocycles. The molecule has 5 aliphatic carbocycles. The van der Waals surface area contributed by atoms with Crippen LogP contribution in [-0.4, -0.2) is 15.2 Å². The van der Waals surface area contributed by atoms with Gasteiger partial charge in [-0.05, 0) is 78.2 Å². The third-order valence-corrected chi connectivity index (χ3v) is 34.6. The molecule has 0 heterocycles. The maximum absolute atomic E-state index is 2.94. The number of hydrogen-bond acceptors (Lipinski definition) is 0. The van der Waals surface area contributed by atoms with Crippen LogP contribution < -0.4 is 0 Å². The topological polar surface area (TPSA) is 0 Å². The third kappa shape index (κ3) is 4.72. The Morgan fingerprint density at radius 2 is 1.18 bits per heavy atom. The molecule has 0 aromatic heterocycles. The average molecular weight is 501 g/mol. The third-order valence-electron chi connectivity index (χ3n) is 13.8. The van der Waals surface area contributed by atoms with E-state index in [2.05, 4.69) is 33.1 Å². The largest absolute Gasteiger partial charge is 0.0711 e. The fourth-order valence-electron chi connectivity index (χ4n) is 11.3. The van der Waals surface area contributed by atoms with Crippen molar-refractivity contribution in [3.05, 3.63) is 0 Å². The number of rotatable bonds is 7. The minimum atomic E-state index is -1.21. The van der Waals surface area contributed by atoms with Crippen molar-refractivity contribution >= 4 is 15.2 Å². The monoisotopic (exact) mass is 500 g/mol. The first-order valence-corrected chi connectivity index (χ1v) is 23.5. The van der Waals surface area contributed by atoms with Crippen LogP contribution in [0.15, 0.2) is 0 Å². The lowest BCUT2D eigenvalue weighted by Crippen LogP contribution is -2.61. The summed E-state index contributed by atoms with van der Waals surface area (Å²) in [5.74, 6) is 7.91. The first-order valence-electron chi connectivity index (χ1n) is 16.3. The Kier molecular flexibility index (Phi) is 8.17. The van der Waals surface area contributed by atoms with Crippen molar-refractivity contribution in [2.45, 2.75) is 160 Å². The lowest BCUT2D eigenvalue weighted by Gasteiger charge is -2.52. The van der Waals surface area contributed by atoms with Gasteiger partial charge in [0.2, 0.25) is 0 Å². The van der Waals surface area contributed by atoms with Gasteiger partial charge in [-0.25, -0.2) is 0 Å². The first-order chi connectivity index (χ1) is 16.3. The maximum atomic E-state index is 2.94. The molecule has 0 amide bonds. The van der Waals surface area contributed by atoms with Crippen molar-refractivity contribution in [1.29, 1.82) is 0 Å². The lowest BCUT2D eigenvalue weighted by atomic mass is 9.57. The molecule has 5 saturated carbocycles. The van der Waals surface area contributed by atoms with E-state index in [4.69, 9.17) is 0 Å². The Bertz CT molecular complexity index is 666.